The molecule has 0 aromatic heterocycles. The lowest BCUT2D eigenvalue weighted by molar-refractivity contribution is 0.250. The molecule has 1 nitrogen and oxygen atoms in total. The fourth-order valence-corrected chi connectivity index (χ4v) is 3.35. The smallest absolute Gasteiger partial charge is 0.00157 e. The third kappa shape index (κ3) is 5.82. The standard InChI is InChI=1S/C20H33N/c1-3-5-10-14-21(15-11-6-4-2)17-19-16-20(19)18-12-8-7-9-13-18/h7-9,12-13,19-20H,3-6,10-11,14-17H2,1-2H3/t19-,20-/m0/s1. The summed E-state index contributed by atoms with van der Waals surface area (Å²) in [7, 11) is 0. The highest BCUT2D eigenvalue weighted by Gasteiger charge is 2.38. The van der Waals surface area contributed by atoms with Gasteiger partial charge in [0, 0.05) is 6.54 Å². The van der Waals surface area contributed by atoms with Crippen molar-refractivity contribution in [2.75, 3.05) is 19.6 Å². The molecule has 0 unspecified atom stereocenters. The van der Waals surface area contributed by atoms with Crippen molar-refractivity contribution in [3.8, 4) is 0 Å². The van der Waals surface area contributed by atoms with Crippen LogP contribution in [0, 0.1) is 5.92 Å². The molecule has 0 saturated heterocycles. The van der Waals surface area contributed by atoms with E-state index in [1.54, 1.807) is 5.56 Å². The molecule has 1 aliphatic carbocycles. The van der Waals surface area contributed by atoms with E-state index in [2.05, 4.69) is 49.1 Å². The second kappa shape index (κ2) is 9.25. The summed E-state index contributed by atoms with van der Waals surface area (Å²) in [6.45, 7) is 8.56. The Morgan fingerprint density at radius 3 is 2.10 bits per heavy atom. The predicted octanol–water partition coefficient (Wildman–Crippen LogP) is 5.47. The van der Waals surface area contributed by atoms with Crippen LogP contribution < -0.4 is 0 Å². The molecule has 0 bridgehead atoms. The zero-order valence-corrected chi connectivity index (χ0v) is 14.1. The fraction of sp³-hybridized carbons (Fsp3) is 0.700. The number of hydrogen-bond donors (Lipinski definition) is 0. The Morgan fingerprint density at radius 2 is 1.52 bits per heavy atom. The Morgan fingerprint density at radius 1 is 0.905 bits per heavy atom. The van der Waals surface area contributed by atoms with Crippen LogP contribution in [0.2, 0.25) is 0 Å². The van der Waals surface area contributed by atoms with E-state index >= 15 is 0 Å². The van der Waals surface area contributed by atoms with Gasteiger partial charge in [0.15, 0.2) is 0 Å². The zero-order valence-electron chi connectivity index (χ0n) is 14.1. The van der Waals surface area contributed by atoms with E-state index in [1.165, 1.54) is 64.6 Å². The van der Waals surface area contributed by atoms with Crippen molar-refractivity contribution < 1.29 is 0 Å². The second-order valence-corrected chi connectivity index (χ2v) is 6.73. The van der Waals surface area contributed by atoms with E-state index in [0.717, 1.165) is 11.8 Å². The molecular formula is C20H33N. The van der Waals surface area contributed by atoms with Crippen LogP contribution in [-0.4, -0.2) is 24.5 Å². The summed E-state index contributed by atoms with van der Waals surface area (Å²) in [5, 5.41) is 0. The SMILES string of the molecule is CCCCCN(CCCCC)C[C@@H]1C[C@H]1c1ccccc1. The minimum absolute atomic E-state index is 0.839. The van der Waals surface area contributed by atoms with Crippen molar-refractivity contribution in [2.24, 2.45) is 5.92 Å². The van der Waals surface area contributed by atoms with Crippen LogP contribution in [0.4, 0.5) is 0 Å². The molecule has 21 heavy (non-hydrogen) atoms. The van der Waals surface area contributed by atoms with E-state index in [4.69, 9.17) is 0 Å². The van der Waals surface area contributed by atoms with Crippen molar-refractivity contribution in [2.45, 2.75) is 64.7 Å². The Labute approximate surface area is 131 Å². The monoisotopic (exact) mass is 287 g/mol. The molecule has 1 aliphatic rings. The molecule has 0 heterocycles. The molecule has 1 aromatic rings. The Kier molecular flexibility index (Phi) is 7.29. The third-order valence-electron chi connectivity index (χ3n) is 4.80. The fourth-order valence-electron chi connectivity index (χ4n) is 3.35. The molecule has 0 radical (unpaired) electrons. The van der Waals surface area contributed by atoms with Crippen LogP contribution >= 0.6 is 0 Å². The van der Waals surface area contributed by atoms with Gasteiger partial charge in [-0.15, -0.1) is 0 Å². The van der Waals surface area contributed by atoms with Crippen LogP contribution in [0.3, 0.4) is 0 Å². The molecule has 1 fully saturated rings. The number of hydrogen-bond acceptors (Lipinski definition) is 1. The van der Waals surface area contributed by atoms with E-state index in [1.807, 2.05) is 0 Å². The Bertz CT molecular complexity index is 363. The van der Waals surface area contributed by atoms with Gasteiger partial charge in [0.1, 0.15) is 0 Å². The lowest BCUT2D eigenvalue weighted by Crippen LogP contribution is -2.28. The largest absolute Gasteiger partial charge is 0.303 e. The minimum Gasteiger partial charge on any atom is -0.303 e. The van der Waals surface area contributed by atoms with Gasteiger partial charge in [-0.25, -0.2) is 0 Å². The average molecular weight is 287 g/mol. The van der Waals surface area contributed by atoms with Crippen LogP contribution in [0.25, 0.3) is 0 Å². The van der Waals surface area contributed by atoms with E-state index in [-0.39, 0.29) is 0 Å². The van der Waals surface area contributed by atoms with Crippen molar-refractivity contribution in [3.05, 3.63) is 35.9 Å². The highest BCUT2D eigenvalue weighted by Crippen LogP contribution is 2.47. The number of unbranched alkanes of at least 4 members (excludes halogenated alkanes) is 4. The summed E-state index contributed by atoms with van der Waals surface area (Å²) in [5.41, 5.74) is 1.56. The quantitative estimate of drug-likeness (QED) is 0.488. The van der Waals surface area contributed by atoms with Gasteiger partial charge in [-0.1, -0.05) is 69.9 Å². The Balaban J connectivity index is 1.75. The molecule has 0 amide bonds. The van der Waals surface area contributed by atoms with E-state index in [0.29, 0.717) is 0 Å². The molecule has 0 aliphatic heterocycles. The first-order chi connectivity index (χ1) is 10.3. The highest BCUT2D eigenvalue weighted by molar-refractivity contribution is 5.25. The molecule has 0 N–H and O–H groups in total. The maximum absolute atomic E-state index is 2.75. The Hall–Kier alpha value is -0.820. The molecule has 1 heteroatoms. The molecule has 2 atom stereocenters. The summed E-state index contributed by atoms with van der Waals surface area (Å²) in [6, 6.07) is 11.1. The van der Waals surface area contributed by atoms with Crippen molar-refractivity contribution in [1.29, 1.82) is 0 Å². The van der Waals surface area contributed by atoms with Gasteiger partial charge in [-0.3, -0.25) is 0 Å². The lowest BCUT2D eigenvalue weighted by Gasteiger charge is -2.22. The molecule has 1 saturated carbocycles. The lowest BCUT2D eigenvalue weighted by atomic mass is 10.1. The van der Waals surface area contributed by atoms with Crippen LogP contribution in [0.1, 0.15) is 70.3 Å². The van der Waals surface area contributed by atoms with Gasteiger partial charge < -0.3 is 4.90 Å². The van der Waals surface area contributed by atoms with Crippen LogP contribution in [0.5, 0.6) is 0 Å². The van der Waals surface area contributed by atoms with Crippen molar-refractivity contribution in [3.63, 3.8) is 0 Å². The molecule has 2 rings (SSSR count). The predicted molar refractivity (Wildman–Crippen MR) is 92.8 cm³/mol. The van der Waals surface area contributed by atoms with Gasteiger partial charge in [-0.2, -0.15) is 0 Å². The van der Waals surface area contributed by atoms with Crippen molar-refractivity contribution >= 4 is 0 Å². The normalized spacial score (nSPS) is 20.9. The topological polar surface area (TPSA) is 3.24 Å². The van der Waals surface area contributed by atoms with Gasteiger partial charge >= 0.3 is 0 Å². The van der Waals surface area contributed by atoms with E-state index < -0.39 is 0 Å². The summed E-state index contributed by atoms with van der Waals surface area (Å²) in [4.78, 5) is 2.75. The average Bonchev–Trinajstić information content (AvgIpc) is 3.28. The van der Waals surface area contributed by atoms with Gasteiger partial charge in [-0.05, 0) is 49.8 Å². The summed E-state index contributed by atoms with van der Waals surface area (Å²) in [5.74, 6) is 1.75. The molecule has 1 aromatic carbocycles. The van der Waals surface area contributed by atoms with Gasteiger partial charge in [0.25, 0.3) is 0 Å². The first-order valence-electron chi connectivity index (χ1n) is 9.12. The van der Waals surface area contributed by atoms with Crippen LogP contribution in [0.15, 0.2) is 30.3 Å². The number of rotatable bonds is 11. The second-order valence-electron chi connectivity index (χ2n) is 6.73. The maximum atomic E-state index is 2.75. The molecule has 0 spiro atoms. The maximum Gasteiger partial charge on any atom is 0.00157 e. The zero-order chi connectivity index (χ0) is 14.9. The van der Waals surface area contributed by atoms with Gasteiger partial charge in [0.2, 0.25) is 0 Å². The summed E-state index contributed by atoms with van der Waals surface area (Å²) in [6.07, 6.45) is 9.60. The third-order valence-corrected chi connectivity index (χ3v) is 4.80. The van der Waals surface area contributed by atoms with Crippen LogP contribution in [-0.2, 0) is 0 Å². The van der Waals surface area contributed by atoms with Crippen molar-refractivity contribution in [1.82, 2.24) is 4.90 Å². The summed E-state index contributed by atoms with van der Waals surface area (Å²) >= 11 is 0. The molecule has 118 valence electrons. The number of nitrogens with zero attached hydrogens (tertiary/aromatic N) is 1. The molecular weight excluding hydrogens is 254 g/mol. The first kappa shape index (κ1) is 16.5. The van der Waals surface area contributed by atoms with Gasteiger partial charge in [0.05, 0.1) is 0 Å². The summed E-state index contributed by atoms with van der Waals surface area (Å²) < 4.78 is 0. The number of benzene rings is 1. The highest BCUT2D eigenvalue weighted by atomic mass is 15.1. The first-order valence-corrected chi connectivity index (χ1v) is 9.12. The minimum atomic E-state index is 0.839. The van der Waals surface area contributed by atoms with E-state index in [9.17, 15) is 0 Å².